The van der Waals surface area contributed by atoms with Crippen LogP contribution < -0.4 is 5.32 Å². The summed E-state index contributed by atoms with van der Waals surface area (Å²) >= 11 is 0. The summed E-state index contributed by atoms with van der Waals surface area (Å²) in [5.74, 6) is -0.524. The number of oxime groups is 1. The molecule has 1 saturated carbocycles. The highest BCUT2D eigenvalue weighted by Crippen LogP contribution is 2.14. The van der Waals surface area contributed by atoms with E-state index in [1.165, 1.54) is 6.42 Å². The van der Waals surface area contributed by atoms with Gasteiger partial charge in [-0.25, -0.2) is 9.59 Å². The van der Waals surface area contributed by atoms with Crippen LogP contribution in [0.1, 0.15) is 39.0 Å². The minimum Gasteiger partial charge on any atom is -0.460 e. The highest BCUT2D eigenvalue weighted by molar-refractivity contribution is 5.85. The fraction of sp³-hybridized carbons (Fsp3) is 0.615. The van der Waals surface area contributed by atoms with E-state index in [1.807, 2.05) is 0 Å². The summed E-state index contributed by atoms with van der Waals surface area (Å²) in [6.45, 7) is 5.04. The summed E-state index contributed by atoms with van der Waals surface area (Å²) in [6.07, 6.45) is 5.60. The Morgan fingerprint density at radius 2 is 2.11 bits per heavy atom. The number of amides is 1. The Morgan fingerprint density at radius 1 is 1.42 bits per heavy atom. The first-order valence-electron chi connectivity index (χ1n) is 6.44. The number of hydrogen-bond donors (Lipinski definition) is 1. The number of carbonyl (C=O) groups is 2. The van der Waals surface area contributed by atoms with Crippen molar-refractivity contribution >= 4 is 17.8 Å². The van der Waals surface area contributed by atoms with Gasteiger partial charge in [0.2, 0.25) is 0 Å². The van der Waals surface area contributed by atoms with Crippen molar-refractivity contribution in [1.82, 2.24) is 5.32 Å². The standard InChI is InChI=1S/C13H20N2O4/c1-3-12(16)18-9-10(2)14-13(17)19-15-11-7-5-4-6-8-11/h3,10H,1,4-9H2,2H3,(H,14,17). The van der Waals surface area contributed by atoms with Crippen molar-refractivity contribution in [1.29, 1.82) is 0 Å². The molecule has 1 fully saturated rings. The third kappa shape index (κ3) is 6.59. The van der Waals surface area contributed by atoms with E-state index >= 15 is 0 Å². The first-order chi connectivity index (χ1) is 9.11. The predicted molar refractivity (Wildman–Crippen MR) is 70.8 cm³/mol. The highest BCUT2D eigenvalue weighted by Gasteiger charge is 2.12. The van der Waals surface area contributed by atoms with Crippen molar-refractivity contribution < 1.29 is 19.2 Å². The molecule has 6 nitrogen and oxygen atoms in total. The fourth-order valence-electron chi connectivity index (χ4n) is 1.69. The zero-order valence-corrected chi connectivity index (χ0v) is 11.2. The molecule has 0 radical (unpaired) electrons. The second kappa shape index (κ2) is 8.29. The van der Waals surface area contributed by atoms with Crippen LogP contribution >= 0.6 is 0 Å². The van der Waals surface area contributed by atoms with E-state index in [0.29, 0.717) is 0 Å². The van der Waals surface area contributed by atoms with Gasteiger partial charge in [0, 0.05) is 6.08 Å². The number of esters is 1. The van der Waals surface area contributed by atoms with E-state index in [9.17, 15) is 9.59 Å². The van der Waals surface area contributed by atoms with Gasteiger partial charge in [-0.05, 0) is 32.6 Å². The molecule has 0 bridgehead atoms. The number of hydrogen-bond acceptors (Lipinski definition) is 5. The molecule has 0 spiro atoms. The maximum Gasteiger partial charge on any atom is 0.433 e. The van der Waals surface area contributed by atoms with E-state index < -0.39 is 12.1 Å². The molecule has 1 amide bonds. The van der Waals surface area contributed by atoms with Gasteiger partial charge >= 0.3 is 12.1 Å². The molecule has 1 N–H and O–H groups in total. The minimum atomic E-state index is -0.639. The highest BCUT2D eigenvalue weighted by atomic mass is 16.7. The maximum atomic E-state index is 11.4. The molecular weight excluding hydrogens is 248 g/mol. The van der Waals surface area contributed by atoms with Crippen LogP contribution in [0.5, 0.6) is 0 Å². The van der Waals surface area contributed by atoms with Crippen molar-refractivity contribution in [2.45, 2.75) is 45.1 Å². The number of ether oxygens (including phenoxy) is 1. The largest absolute Gasteiger partial charge is 0.460 e. The Morgan fingerprint density at radius 3 is 2.74 bits per heavy atom. The van der Waals surface area contributed by atoms with Gasteiger partial charge in [0.05, 0.1) is 11.8 Å². The lowest BCUT2D eigenvalue weighted by molar-refractivity contribution is -0.138. The summed E-state index contributed by atoms with van der Waals surface area (Å²) in [6, 6.07) is -0.344. The molecule has 19 heavy (non-hydrogen) atoms. The van der Waals surface area contributed by atoms with Gasteiger partial charge < -0.3 is 10.1 Å². The van der Waals surface area contributed by atoms with Crippen molar-refractivity contribution in [3.8, 4) is 0 Å². The van der Waals surface area contributed by atoms with E-state index in [-0.39, 0.29) is 12.6 Å². The monoisotopic (exact) mass is 268 g/mol. The molecule has 0 heterocycles. The van der Waals surface area contributed by atoms with Crippen molar-refractivity contribution in [3.05, 3.63) is 12.7 Å². The predicted octanol–water partition coefficient (Wildman–Crippen LogP) is 2.15. The van der Waals surface area contributed by atoms with Crippen LogP contribution in [0.25, 0.3) is 0 Å². The zero-order chi connectivity index (χ0) is 14.1. The molecular formula is C13H20N2O4. The van der Waals surface area contributed by atoms with Gasteiger partial charge in [-0.1, -0.05) is 18.2 Å². The molecule has 1 aliphatic rings. The molecule has 0 aromatic heterocycles. The molecule has 0 aromatic rings. The van der Waals surface area contributed by atoms with Gasteiger partial charge in [-0.2, -0.15) is 0 Å². The molecule has 1 atom stereocenters. The number of carbonyl (C=O) groups excluding carboxylic acids is 2. The van der Waals surface area contributed by atoms with E-state index in [0.717, 1.165) is 37.5 Å². The molecule has 1 aliphatic carbocycles. The van der Waals surface area contributed by atoms with Crippen LogP contribution in [0, 0.1) is 0 Å². The average Bonchev–Trinajstić information content (AvgIpc) is 2.43. The van der Waals surface area contributed by atoms with Crippen LogP contribution in [0.15, 0.2) is 17.8 Å². The summed E-state index contributed by atoms with van der Waals surface area (Å²) in [5.41, 5.74) is 0.923. The second-order valence-electron chi connectivity index (χ2n) is 4.48. The Bertz CT molecular complexity index is 358. The molecule has 6 heteroatoms. The number of nitrogens with one attached hydrogen (secondary N) is 1. The smallest absolute Gasteiger partial charge is 0.433 e. The van der Waals surface area contributed by atoms with Crippen molar-refractivity contribution in [2.75, 3.05) is 6.61 Å². The molecule has 0 aliphatic heterocycles. The van der Waals surface area contributed by atoms with Crippen molar-refractivity contribution in [2.24, 2.45) is 5.16 Å². The first-order valence-corrected chi connectivity index (χ1v) is 6.44. The number of rotatable bonds is 5. The Balaban J connectivity index is 2.22. The van der Waals surface area contributed by atoms with E-state index in [1.54, 1.807) is 6.92 Å². The fourth-order valence-corrected chi connectivity index (χ4v) is 1.69. The zero-order valence-electron chi connectivity index (χ0n) is 11.2. The second-order valence-corrected chi connectivity index (χ2v) is 4.48. The Kier molecular flexibility index (Phi) is 6.63. The van der Waals surface area contributed by atoms with Crippen molar-refractivity contribution in [3.63, 3.8) is 0 Å². The molecule has 0 aromatic carbocycles. The maximum absolute atomic E-state index is 11.4. The lowest BCUT2D eigenvalue weighted by Crippen LogP contribution is -2.36. The molecule has 106 valence electrons. The van der Waals surface area contributed by atoms with Crippen LogP contribution in [0.4, 0.5) is 4.79 Å². The third-order valence-electron chi connectivity index (χ3n) is 2.69. The molecule has 1 rings (SSSR count). The topological polar surface area (TPSA) is 77.0 Å². The van der Waals surface area contributed by atoms with Crippen LogP contribution in [-0.2, 0) is 14.4 Å². The quantitative estimate of drug-likeness (QED) is 0.359. The van der Waals surface area contributed by atoms with Crippen LogP contribution in [0.2, 0.25) is 0 Å². The normalized spacial score (nSPS) is 16.2. The van der Waals surface area contributed by atoms with Crippen LogP contribution in [-0.4, -0.2) is 30.4 Å². The van der Waals surface area contributed by atoms with Gasteiger partial charge in [-0.15, -0.1) is 0 Å². The third-order valence-corrected chi connectivity index (χ3v) is 2.69. The first kappa shape index (κ1) is 15.2. The molecule has 0 saturated heterocycles. The lowest BCUT2D eigenvalue weighted by atomic mass is 9.99. The summed E-state index contributed by atoms with van der Waals surface area (Å²) in [7, 11) is 0. The summed E-state index contributed by atoms with van der Waals surface area (Å²) < 4.78 is 4.79. The molecule has 1 unspecified atom stereocenters. The average molecular weight is 268 g/mol. The summed E-state index contributed by atoms with van der Waals surface area (Å²) in [4.78, 5) is 27.0. The Hall–Kier alpha value is -1.85. The van der Waals surface area contributed by atoms with Gasteiger partial charge in [0.1, 0.15) is 6.61 Å². The van der Waals surface area contributed by atoms with Gasteiger partial charge in [0.15, 0.2) is 0 Å². The Labute approximate surface area is 112 Å². The lowest BCUT2D eigenvalue weighted by Gasteiger charge is -2.13. The van der Waals surface area contributed by atoms with E-state index in [4.69, 9.17) is 9.57 Å². The SMILES string of the molecule is C=CC(=O)OCC(C)NC(=O)ON=C1CCCCC1. The van der Waals surface area contributed by atoms with Crippen LogP contribution in [0.3, 0.4) is 0 Å². The minimum absolute atomic E-state index is 0.0660. The van der Waals surface area contributed by atoms with Gasteiger partial charge in [-0.3, -0.25) is 4.84 Å². The van der Waals surface area contributed by atoms with E-state index in [2.05, 4.69) is 17.1 Å². The van der Waals surface area contributed by atoms with Gasteiger partial charge in [0.25, 0.3) is 0 Å². The summed E-state index contributed by atoms with van der Waals surface area (Å²) in [5, 5.41) is 6.35. The number of nitrogens with zero attached hydrogens (tertiary/aromatic N) is 1.